The van der Waals surface area contributed by atoms with Gasteiger partial charge < -0.3 is 4.57 Å². The number of fused-ring (bicyclic) bond motifs is 1. The summed E-state index contributed by atoms with van der Waals surface area (Å²) < 4.78 is 29.9. The smallest absolute Gasteiger partial charge is 0.243 e. The first-order valence-electron chi connectivity index (χ1n) is 10.5. The minimum atomic E-state index is -3.72. The minimum Gasteiger partial charge on any atom is -0.305 e. The number of sulfonamides is 1. The topological polar surface area (TPSA) is 98.1 Å². The molecule has 8 nitrogen and oxygen atoms in total. The van der Waals surface area contributed by atoms with Gasteiger partial charge in [-0.25, -0.2) is 18.4 Å². The SMILES string of the molecule is O=Cc1ccc(S(=O)(=O)N2CCC(n3c(-c4cccnc4)nc4cccnc43)CC2)cc1Cl. The van der Waals surface area contributed by atoms with Crippen molar-refractivity contribution in [3.05, 3.63) is 71.6 Å². The summed E-state index contributed by atoms with van der Waals surface area (Å²) in [4.78, 5) is 24.6. The molecule has 5 rings (SSSR count). The van der Waals surface area contributed by atoms with Crippen molar-refractivity contribution in [2.24, 2.45) is 0 Å². The number of pyridine rings is 2. The molecule has 4 heterocycles. The maximum absolute atomic E-state index is 13.2. The van der Waals surface area contributed by atoms with E-state index in [1.807, 2.05) is 24.3 Å². The summed E-state index contributed by atoms with van der Waals surface area (Å²) in [5, 5.41) is 0.123. The van der Waals surface area contributed by atoms with Crippen LogP contribution in [0.25, 0.3) is 22.6 Å². The number of benzene rings is 1. The number of carbonyl (C=O) groups excluding carboxylic acids is 1. The van der Waals surface area contributed by atoms with Crippen LogP contribution in [0, 0.1) is 0 Å². The van der Waals surface area contributed by atoms with Gasteiger partial charge in [-0.05, 0) is 55.3 Å². The number of rotatable bonds is 5. The highest BCUT2D eigenvalue weighted by Gasteiger charge is 2.32. The molecule has 0 saturated carbocycles. The van der Waals surface area contributed by atoms with Gasteiger partial charge in [-0.15, -0.1) is 0 Å². The first-order chi connectivity index (χ1) is 16.0. The van der Waals surface area contributed by atoms with E-state index in [9.17, 15) is 13.2 Å². The number of carbonyl (C=O) groups is 1. The lowest BCUT2D eigenvalue weighted by Crippen LogP contribution is -2.39. The summed E-state index contributed by atoms with van der Waals surface area (Å²) in [5.74, 6) is 0.773. The van der Waals surface area contributed by atoms with Crippen LogP contribution < -0.4 is 0 Å². The lowest BCUT2D eigenvalue weighted by atomic mass is 10.1. The Hall–Kier alpha value is -3.14. The highest BCUT2D eigenvalue weighted by Crippen LogP contribution is 2.34. The minimum absolute atomic E-state index is 0.0348. The number of aldehydes is 1. The summed E-state index contributed by atoms with van der Waals surface area (Å²) in [7, 11) is -3.72. The number of hydrogen-bond donors (Lipinski definition) is 0. The van der Waals surface area contributed by atoms with Crippen LogP contribution in [0.2, 0.25) is 5.02 Å². The van der Waals surface area contributed by atoms with E-state index in [4.69, 9.17) is 16.6 Å². The lowest BCUT2D eigenvalue weighted by Gasteiger charge is -2.32. The van der Waals surface area contributed by atoms with Gasteiger partial charge in [-0.2, -0.15) is 4.31 Å². The molecule has 0 N–H and O–H groups in total. The molecule has 4 aromatic rings. The van der Waals surface area contributed by atoms with Crippen LogP contribution in [0.5, 0.6) is 0 Å². The summed E-state index contributed by atoms with van der Waals surface area (Å²) in [5.41, 5.74) is 2.71. The Kier molecular flexibility index (Phi) is 5.69. The normalized spacial score (nSPS) is 15.7. The van der Waals surface area contributed by atoms with Gasteiger partial charge in [0.2, 0.25) is 10.0 Å². The molecule has 0 bridgehead atoms. The van der Waals surface area contributed by atoms with Crippen molar-refractivity contribution in [2.75, 3.05) is 13.1 Å². The summed E-state index contributed by atoms with van der Waals surface area (Å²) in [6.07, 6.45) is 7.03. The molecule has 1 aliphatic heterocycles. The van der Waals surface area contributed by atoms with E-state index in [0.29, 0.717) is 32.2 Å². The molecule has 0 amide bonds. The number of imidazole rings is 1. The molecule has 0 radical (unpaired) electrons. The third-order valence-electron chi connectivity index (χ3n) is 5.89. The lowest BCUT2D eigenvalue weighted by molar-refractivity contribution is 0.112. The Labute approximate surface area is 195 Å². The first kappa shape index (κ1) is 21.7. The molecule has 1 aromatic carbocycles. The van der Waals surface area contributed by atoms with Crippen LogP contribution in [-0.4, -0.2) is 51.6 Å². The van der Waals surface area contributed by atoms with Crippen LogP contribution >= 0.6 is 11.6 Å². The van der Waals surface area contributed by atoms with E-state index in [1.54, 1.807) is 18.6 Å². The van der Waals surface area contributed by atoms with Crippen LogP contribution in [0.1, 0.15) is 29.2 Å². The predicted octanol–water partition coefficient (Wildman–Crippen LogP) is 3.99. The van der Waals surface area contributed by atoms with Crippen LogP contribution in [0.3, 0.4) is 0 Å². The Morgan fingerprint density at radius 3 is 2.55 bits per heavy atom. The number of halogens is 1. The van der Waals surface area contributed by atoms with Crippen molar-refractivity contribution in [1.29, 1.82) is 0 Å². The molecule has 3 aromatic heterocycles. The molecule has 10 heteroatoms. The van der Waals surface area contributed by atoms with Crippen LogP contribution in [0.15, 0.2) is 66.0 Å². The standard InChI is InChI=1S/C23H20ClN5O3S/c24-20-13-19(6-5-17(20)15-30)33(31,32)28-11-7-18(8-12-28)29-22(16-3-1-9-25-14-16)27-21-4-2-10-26-23(21)29/h1-6,9-10,13-15,18H,7-8,11-12H2. The Morgan fingerprint density at radius 2 is 1.85 bits per heavy atom. The van der Waals surface area contributed by atoms with Gasteiger partial charge >= 0.3 is 0 Å². The summed E-state index contributed by atoms with van der Waals surface area (Å²) >= 11 is 6.06. The zero-order valence-corrected chi connectivity index (χ0v) is 19.1. The van der Waals surface area contributed by atoms with Crippen LogP contribution in [0.4, 0.5) is 0 Å². The van der Waals surface area contributed by atoms with Crippen molar-refractivity contribution in [1.82, 2.24) is 23.8 Å². The van der Waals surface area contributed by atoms with E-state index < -0.39 is 10.0 Å². The van der Waals surface area contributed by atoms with Crippen LogP contribution in [-0.2, 0) is 10.0 Å². The predicted molar refractivity (Wildman–Crippen MR) is 125 cm³/mol. The Morgan fingerprint density at radius 1 is 1.06 bits per heavy atom. The second kappa shape index (κ2) is 8.66. The Bertz CT molecular complexity index is 1430. The molecule has 33 heavy (non-hydrogen) atoms. The van der Waals surface area contributed by atoms with Gasteiger partial charge in [0.05, 0.1) is 9.92 Å². The average molecular weight is 482 g/mol. The van der Waals surface area contributed by atoms with Crippen molar-refractivity contribution in [3.8, 4) is 11.4 Å². The fraction of sp³-hybridized carbons (Fsp3) is 0.217. The zero-order valence-electron chi connectivity index (χ0n) is 17.5. The van der Waals surface area contributed by atoms with E-state index in [1.165, 1.54) is 22.5 Å². The van der Waals surface area contributed by atoms with Gasteiger partial charge in [0, 0.05) is 48.8 Å². The highest BCUT2D eigenvalue weighted by molar-refractivity contribution is 7.89. The quantitative estimate of drug-likeness (QED) is 0.400. The fourth-order valence-corrected chi connectivity index (χ4v) is 6.01. The molecular weight excluding hydrogens is 462 g/mol. The fourth-order valence-electron chi connectivity index (χ4n) is 4.23. The van der Waals surface area contributed by atoms with E-state index in [2.05, 4.69) is 14.5 Å². The zero-order chi connectivity index (χ0) is 23.0. The molecule has 0 spiro atoms. The van der Waals surface area contributed by atoms with Crippen molar-refractivity contribution in [3.63, 3.8) is 0 Å². The van der Waals surface area contributed by atoms with Gasteiger partial charge in [0.1, 0.15) is 11.3 Å². The largest absolute Gasteiger partial charge is 0.305 e. The Balaban J connectivity index is 1.44. The molecular formula is C23H20ClN5O3S. The molecule has 0 atom stereocenters. The summed E-state index contributed by atoms with van der Waals surface area (Å²) in [6, 6.07) is 11.8. The van der Waals surface area contributed by atoms with Crippen molar-refractivity contribution in [2.45, 2.75) is 23.8 Å². The first-order valence-corrected chi connectivity index (χ1v) is 12.3. The molecule has 0 aliphatic carbocycles. The number of piperidine rings is 1. The number of hydrogen-bond acceptors (Lipinski definition) is 6. The average Bonchev–Trinajstić information content (AvgIpc) is 3.24. The highest BCUT2D eigenvalue weighted by atomic mass is 35.5. The monoisotopic (exact) mass is 481 g/mol. The molecule has 1 saturated heterocycles. The summed E-state index contributed by atoms with van der Waals surface area (Å²) in [6.45, 7) is 0.693. The molecule has 168 valence electrons. The third-order valence-corrected chi connectivity index (χ3v) is 8.12. The van der Waals surface area contributed by atoms with E-state index in [0.717, 1.165) is 22.6 Å². The van der Waals surface area contributed by atoms with E-state index >= 15 is 0 Å². The van der Waals surface area contributed by atoms with Gasteiger partial charge in [0.25, 0.3) is 0 Å². The molecule has 1 aliphatic rings. The maximum atomic E-state index is 13.2. The van der Waals surface area contributed by atoms with Gasteiger partial charge in [0.15, 0.2) is 11.9 Å². The second-order valence-electron chi connectivity index (χ2n) is 7.83. The molecule has 1 fully saturated rings. The third kappa shape index (κ3) is 3.92. The van der Waals surface area contributed by atoms with Crippen molar-refractivity contribution >= 4 is 39.1 Å². The second-order valence-corrected chi connectivity index (χ2v) is 10.2. The van der Waals surface area contributed by atoms with Gasteiger partial charge in [-0.1, -0.05) is 11.6 Å². The van der Waals surface area contributed by atoms with Gasteiger partial charge in [-0.3, -0.25) is 9.78 Å². The van der Waals surface area contributed by atoms with E-state index in [-0.39, 0.29) is 21.5 Å². The van der Waals surface area contributed by atoms with Crippen molar-refractivity contribution < 1.29 is 13.2 Å². The number of aromatic nitrogens is 4. The molecule has 0 unspecified atom stereocenters. The number of nitrogens with zero attached hydrogens (tertiary/aromatic N) is 5. The maximum Gasteiger partial charge on any atom is 0.243 e.